The molecule has 24 heavy (non-hydrogen) atoms. The van der Waals surface area contributed by atoms with Crippen LogP contribution in [-0.2, 0) is 9.53 Å². The van der Waals surface area contributed by atoms with Crippen LogP contribution in [0.2, 0.25) is 0 Å². The van der Waals surface area contributed by atoms with Crippen LogP contribution < -0.4 is 5.32 Å². The van der Waals surface area contributed by atoms with Crippen LogP contribution in [0.4, 0.5) is 0 Å². The molecule has 1 N–H and O–H groups in total. The molecular weight excluding hydrogens is 417 g/mol. The van der Waals surface area contributed by atoms with E-state index in [2.05, 4.69) is 35.8 Å². The summed E-state index contributed by atoms with van der Waals surface area (Å²) >= 11 is 0. The van der Waals surface area contributed by atoms with Gasteiger partial charge in [0.1, 0.15) is 0 Å². The Labute approximate surface area is 165 Å². The van der Waals surface area contributed by atoms with Crippen molar-refractivity contribution in [2.45, 2.75) is 58.8 Å². The second-order valence-corrected chi connectivity index (χ2v) is 5.56. The number of hydrogen-bond donors (Lipinski definition) is 1. The topological polar surface area (TPSA) is 53.9 Å². The quantitative estimate of drug-likeness (QED) is 0.115. The molecule has 0 spiro atoms. The van der Waals surface area contributed by atoms with Crippen molar-refractivity contribution in [1.82, 2.24) is 10.2 Å². The fourth-order valence-electron chi connectivity index (χ4n) is 2.20. The largest absolute Gasteiger partial charge is 0.466 e. The average molecular weight is 453 g/mol. The SMILES string of the molecule is C=CCCCN(C)C(=NCCCCCCC(=O)OCC)NCC.I. The molecule has 0 aromatic rings. The molecule has 0 amide bonds. The Kier molecular flexibility index (Phi) is 19.7. The molecule has 0 aromatic heterocycles. The van der Waals surface area contributed by atoms with Gasteiger partial charge in [0.15, 0.2) is 5.96 Å². The summed E-state index contributed by atoms with van der Waals surface area (Å²) in [5, 5.41) is 3.33. The third-order valence-corrected chi connectivity index (χ3v) is 3.45. The number of carbonyl (C=O) groups excluding carboxylic acids is 1. The van der Waals surface area contributed by atoms with E-state index < -0.39 is 0 Å². The number of nitrogens with one attached hydrogen (secondary N) is 1. The van der Waals surface area contributed by atoms with E-state index in [9.17, 15) is 4.79 Å². The number of guanidine groups is 1. The van der Waals surface area contributed by atoms with E-state index in [4.69, 9.17) is 4.74 Å². The minimum absolute atomic E-state index is 0. The molecule has 0 heterocycles. The first kappa shape index (κ1) is 25.5. The number of hydrogen-bond acceptors (Lipinski definition) is 3. The van der Waals surface area contributed by atoms with Crippen molar-refractivity contribution in [3.05, 3.63) is 12.7 Å². The number of carbonyl (C=O) groups is 1. The fraction of sp³-hybridized carbons (Fsp3) is 0.778. The summed E-state index contributed by atoms with van der Waals surface area (Å²) in [4.78, 5) is 18.1. The molecule has 0 unspecified atom stereocenters. The molecule has 0 bridgehead atoms. The molecule has 0 aliphatic carbocycles. The summed E-state index contributed by atoms with van der Waals surface area (Å²) in [6, 6.07) is 0. The van der Waals surface area contributed by atoms with Gasteiger partial charge in [-0.1, -0.05) is 18.9 Å². The Morgan fingerprint density at radius 1 is 1.21 bits per heavy atom. The van der Waals surface area contributed by atoms with E-state index in [0.29, 0.717) is 13.0 Å². The van der Waals surface area contributed by atoms with Crippen molar-refractivity contribution < 1.29 is 9.53 Å². The average Bonchev–Trinajstić information content (AvgIpc) is 2.53. The van der Waals surface area contributed by atoms with E-state index in [1.807, 2.05) is 13.0 Å². The third kappa shape index (κ3) is 14.8. The summed E-state index contributed by atoms with van der Waals surface area (Å²) in [6.07, 6.45) is 8.73. The highest BCUT2D eigenvalue weighted by atomic mass is 127. The number of halogens is 1. The minimum atomic E-state index is -0.0823. The van der Waals surface area contributed by atoms with Crippen LogP contribution in [0.15, 0.2) is 17.6 Å². The van der Waals surface area contributed by atoms with E-state index >= 15 is 0 Å². The highest BCUT2D eigenvalue weighted by Gasteiger charge is 2.04. The van der Waals surface area contributed by atoms with Crippen LogP contribution in [0.25, 0.3) is 0 Å². The predicted octanol–water partition coefficient (Wildman–Crippen LogP) is 3.98. The van der Waals surface area contributed by atoms with Gasteiger partial charge in [-0.25, -0.2) is 0 Å². The number of aliphatic imine (C=N–C) groups is 1. The van der Waals surface area contributed by atoms with Gasteiger partial charge in [0, 0.05) is 33.1 Å². The molecule has 0 atom stereocenters. The summed E-state index contributed by atoms with van der Waals surface area (Å²) in [6.45, 7) is 10.8. The lowest BCUT2D eigenvalue weighted by Crippen LogP contribution is -2.39. The van der Waals surface area contributed by atoms with Crippen molar-refractivity contribution in [2.24, 2.45) is 4.99 Å². The van der Waals surface area contributed by atoms with Crippen molar-refractivity contribution in [2.75, 3.05) is 33.3 Å². The molecule has 0 saturated carbocycles. The van der Waals surface area contributed by atoms with Gasteiger partial charge in [0.05, 0.1) is 6.61 Å². The molecule has 0 fully saturated rings. The number of esters is 1. The molecule has 0 aliphatic heterocycles. The molecule has 5 nitrogen and oxygen atoms in total. The summed E-state index contributed by atoms with van der Waals surface area (Å²) < 4.78 is 4.91. The molecule has 6 heteroatoms. The second-order valence-electron chi connectivity index (χ2n) is 5.56. The predicted molar refractivity (Wildman–Crippen MR) is 113 cm³/mol. The minimum Gasteiger partial charge on any atom is -0.466 e. The molecule has 142 valence electrons. The standard InChI is InChI=1S/C18H35N3O2.HI/c1-5-8-13-16-21(4)18(19-6-2)20-15-12-10-9-11-14-17(22)23-7-3;/h5H,1,6-16H2,2-4H3,(H,19,20);1H. The van der Waals surface area contributed by atoms with E-state index in [0.717, 1.165) is 64.1 Å². The number of nitrogens with zero attached hydrogens (tertiary/aromatic N) is 2. The first-order valence-corrected chi connectivity index (χ1v) is 8.91. The van der Waals surface area contributed by atoms with Crippen LogP contribution in [0.3, 0.4) is 0 Å². The van der Waals surface area contributed by atoms with Crippen LogP contribution in [0.5, 0.6) is 0 Å². The fourth-order valence-corrected chi connectivity index (χ4v) is 2.20. The first-order chi connectivity index (χ1) is 11.2. The Morgan fingerprint density at radius 2 is 1.92 bits per heavy atom. The highest BCUT2D eigenvalue weighted by Crippen LogP contribution is 2.04. The molecular formula is C18H36IN3O2. The van der Waals surface area contributed by atoms with Crippen LogP contribution in [-0.4, -0.2) is 50.1 Å². The smallest absolute Gasteiger partial charge is 0.305 e. The number of rotatable bonds is 13. The monoisotopic (exact) mass is 453 g/mol. The van der Waals surface area contributed by atoms with Gasteiger partial charge >= 0.3 is 5.97 Å². The summed E-state index contributed by atoms with van der Waals surface area (Å²) in [5.41, 5.74) is 0. The van der Waals surface area contributed by atoms with E-state index in [1.54, 1.807) is 0 Å². The van der Waals surface area contributed by atoms with Crippen LogP contribution >= 0.6 is 24.0 Å². The molecule has 0 rings (SSSR count). The van der Waals surface area contributed by atoms with Crippen molar-refractivity contribution >= 4 is 35.9 Å². The molecule has 0 aromatic carbocycles. The van der Waals surface area contributed by atoms with Gasteiger partial charge in [0.25, 0.3) is 0 Å². The van der Waals surface area contributed by atoms with Crippen LogP contribution in [0.1, 0.15) is 58.8 Å². The Balaban J connectivity index is 0. The lowest BCUT2D eigenvalue weighted by Gasteiger charge is -2.21. The van der Waals surface area contributed by atoms with Gasteiger partial charge in [-0.2, -0.15) is 0 Å². The normalized spacial score (nSPS) is 10.7. The van der Waals surface area contributed by atoms with Gasteiger partial charge < -0.3 is 15.0 Å². The van der Waals surface area contributed by atoms with E-state index in [1.165, 1.54) is 0 Å². The first-order valence-electron chi connectivity index (χ1n) is 8.91. The van der Waals surface area contributed by atoms with E-state index in [-0.39, 0.29) is 29.9 Å². The van der Waals surface area contributed by atoms with Crippen LogP contribution in [0, 0.1) is 0 Å². The van der Waals surface area contributed by atoms with Gasteiger partial charge in [-0.15, -0.1) is 30.6 Å². The Hall–Kier alpha value is -0.790. The van der Waals surface area contributed by atoms with Crippen molar-refractivity contribution in [3.8, 4) is 0 Å². The van der Waals surface area contributed by atoms with Crippen molar-refractivity contribution in [3.63, 3.8) is 0 Å². The summed E-state index contributed by atoms with van der Waals surface area (Å²) in [7, 11) is 2.07. The zero-order chi connectivity index (χ0) is 17.3. The van der Waals surface area contributed by atoms with Gasteiger partial charge in [-0.3, -0.25) is 9.79 Å². The molecule has 0 radical (unpaired) electrons. The second kappa shape index (κ2) is 18.5. The molecule has 0 saturated heterocycles. The molecule has 0 aliphatic rings. The maximum absolute atomic E-state index is 11.2. The Morgan fingerprint density at radius 3 is 2.54 bits per heavy atom. The maximum Gasteiger partial charge on any atom is 0.305 e. The highest BCUT2D eigenvalue weighted by molar-refractivity contribution is 14.0. The van der Waals surface area contributed by atoms with Crippen molar-refractivity contribution in [1.29, 1.82) is 0 Å². The van der Waals surface area contributed by atoms with Gasteiger partial charge in [0.2, 0.25) is 0 Å². The maximum atomic E-state index is 11.2. The zero-order valence-electron chi connectivity index (χ0n) is 15.7. The Bertz CT molecular complexity index is 349. The number of ether oxygens (including phenoxy) is 1. The lowest BCUT2D eigenvalue weighted by molar-refractivity contribution is -0.143. The van der Waals surface area contributed by atoms with Gasteiger partial charge in [-0.05, 0) is 39.5 Å². The zero-order valence-corrected chi connectivity index (χ0v) is 18.0. The lowest BCUT2D eigenvalue weighted by atomic mass is 10.1. The third-order valence-electron chi connectivity index (χ3n) is 3.45. The summed E-state index contributed by atoms with van der Waals surface area (Å²) in [5.74, 6) is 0.893. The number of unbranched alkanes of at least 4 members (excludes halogenated alkanes) is 4. The number of allylic oxidation sites excluding steroid dienone is 1.